The number of nitrogens with zero attached hydrogens (tertiary/aromatic N) is 1. The molecule has 1 N–H and O–H groups in total. The predicted octanol–water partition coefficient (Wildman–Crippen LogP) is 4.42. The monoisotopic (exact) mass is 303 g/mol. The van der Waals surface area contributed by atoms with E-state index < -0.39 is 6.10 Å². The topological polar surface area (TPSA) is 33.1 Å². The summed E-state index contributed by atoms with van der Waals surface area (Å²) in [5.41, 5.74) is 2.13. The molecule has 0 aliphatic rings. The van der Waals surface area contributed by atoms with Crippen molar-refractivity contribution in [2.45, 2.75) is 58.5 Å². The van der Waals surface area contributed by atoms with E-state index in [0.717, 1.165) is 23.5 Å². The lowest BCUT2D eigenvalue weighted by Crippen LogP contribution is -2.40. The molecule has 0 saturated carbocycles. The van der Waals surface area contributed by atoms with E-state index in [-0.39, 0.29) is 5.41 Å². The van der Waals surface area contributed by atoms with Gasteiger partial charge in [0.1, 0.15) is 0 Å². The summed E-state index contributed by atoms with van der Waals surface area (Å²) in [7, 11) is 0. The largest absolute Gasteiger partial charge is 0.392 e. The van der Waals surface area contributed by atoms with E-state index in [0.29, 0.717) is 6.42 Å². The summed E-state index contributed by atoms with van der Waals surface area (Å²) < 4.78 is 0. The van der Waals surface area contributed by atoms with Crippen LogP contribution >= 0.6 is 11.3 Å². The minimum Gasteiger partial charge on any atom is -0.392 e. The Hall–Kier alpha value is -1.19. The molecule has 1 aromatic heterocycles. The van der Waals surface area contributed by atoms with E-state index in [2.05, 4.69) is 50.0 Å². The average molecular weight is 303 g/mol. The van der Waals surface area contributed by atoms with Crippen LogP contribution in [0.2, 0.25) is 0 Å². The number of aliphatic hydroxyl groups is 1. The van der Waals surface area contributed by atoms with Crippen molar-refractivity contribution in [1.82, 2.24) is 4.98 Å². The quantitative estimate of drug-likeness (QED) is 0.857. The number of thiazole rings is 1. The van der Waals surface area contributed by atoms with E-state index in [1.165, 1.54) is 10.4 Å². The highest BCUT2D eigenvalue weighted by molar-refractivity contribution is 7.11. The highest BCUT2D eigenvalue weighted by atomic mass is 32.1. The van der Waals surface area contributed by atoms with Gasteiger partial charge in [-0.3, -0.25) is 0 Å². The van der Waals surface area contributed by atoms with Crippen molar-refractivity contribution < 1.29 is 5.11 Å². The highest BCUT2D eigenvalue weighted by Crippen LogP contribution is 2.37. The summed E-state index contributed by atoms with van der Waals surface area (Å²) in [6.45, 7) is 8.45. The molecule has 1 unspecified atom stereocenters. The second-order valence-electron chi connectivity index (χ2n) is 5.70. The summed E-state index contributed by atoms with van der Waals surface area (Å²) in [6, 6.07) is 10.4. The number of aliphatic hydroxyl groups excluding tert-OH is 1. The minimum atomic E-state index is -0.403. The fraction of sp³-hybridized carbons (Fsp3) is 0.500. The molecule has 0 spiro atoms. The maximum atomic E-state index is 10.9. The zero-order valence-corrected chi connectivity index (χ0v) is 14.2. The standard InChI is InChI=1S/C18H25NOS/c1-5-18(6-2,15-10-8-7-9-11-15)16(20)12-17-19-13(3)14(4)21-17/h7-11,16,20H,5-6,12H2,1-4H3. The molecule has 1 atom stereocenters. The zero-order chi connectivity index (χ0) is 15.5. The number of aromatic nitrogens is 1. The molecule has 0 fully saturated rings. The van der Waals surface area contributed by atoms with Gasteiger partial charge in [-0.1, -0.05) is 44.2 Å². The first kappa shape index (κ1) is 16.2. The summed E-state index contributed by atoms with van der Waals surface area (Å²) in [5, 5.41) is 12.0. The van der Waals surface area contributed by atoms with Gasteiger partial charge in [0, 0.05) is 16.7 Å². The molecular weight excluding hydrogens is 278 g/mol. The van der Waals surface area contributed by atoms with Crippen LogP contribution in [0, 0.1) is 13.8 Å². The highest BCUT2D eigenvalue weighted by Gasteiger charge is 2.36. The Morgan fingerprint density at radius 1 is 1.14 bits per heavy atom. The molecule has 0 saturated heterocycles. The van der Waals surface area contributed by atoms with Crippen molar-refractivity contribution in [3.8, 4) is 0 Å². The molecule has 2 aromatic rings. The Bertz CT molecular complexity index is 553. The van der Waals surface area contributed by atoms with E-state index >= 15 is 0 Å². The van der Waals surface area contributed by atoms with Crippen molar-refractivity contribution in [3.63, 3.8) is 0 Å². The van der Waals surface area contributed by atoms with E-state index in [1.807, 2.05) is 13.0 Å². The Kier molecular flexibility index (Phi) is 5.17. The maximum Gasteiger partial charge on any atom is 0.0956 e. The summed E-state index contributed by atoms with van der Waals surface area (Å²) in [6.07, 6.45) is 2.09. The van der Waals surface area contributed by atoms with Crippen molar-refractivity contribution in [3.05, 3.63) is 51.5 Å². The second kappa shape index (κ2) is 6.71. The second-order valence-corrected chi connectivity index (χ2v) is 6.99. The van der Waals surface area contributed by atoms with Gasteiger partial charge in [-0.15, -0.1) is 11.3 Å². The van der Waals surface area contributed by atoms with Gasteiger partial charge in [-0.25, -0.2) is 4.98 Å². The first-order chi connectivity index (χ1) is 10.0. The van der Waals surface area contributed by atoms with Gasteiger partial charge < -0.3 is 5.11 Å². The van der Waals surface area contributed by atoms with Crippen LogP contribution < -0.4 is 0 Å². The van der Waals surface area contributed by atoms with Crippen LogP contribution in [0.5, 0.6) is 0 Å². The van der Waals surface area contributed by atoms with Crippen molar-refractivity contribution >= 4 is 11.3 Å². The Morgan fingerprint density at radius 2 is 1.76 bits per heavy atom. The number of hydrogen-bond donors (Lipinski definition) is 1. The lowest BCUT2D eigenvalue weighted by molar-refractivity contribution is 0.0733. The minimum absolute atomic E-state index is 0.186. The smallest absolute Gasteiger partial charge is 0.0956 e. The number of rotatable bonds is 6. The fourth-order valence-electron chi connectivity index (χ4n) is 3.08. The molecule has 2 nitrogen and oxygen atoms in total. The molecule has 1 heterocycles. The van der Waals surface area contributed by atoms with E-state index in [4.69, 9.17) is 0 Å². The van der Waals surface area contributed by atoms with Crippen molar-refractivity contribution in [2.75, 3.05) is 0 Å². The Labute approximate surface area is 131 Å². The first-order valence-corrected chi connectivity index (χ1v) is 8.51. The number of benzene rings is 1. The zero-order valence-electron chi connectivity index (χ0n) is 13.4. The van der Waals surface area contributed by atoms with Crippen molar-refractivity contribution in [2.24, 2.45) is 0 Å². The van der Waals surface area contributed by atoms with Crippen molar-refractivity contribution in [1.29, 1.82) is 0 Å². The predicted molar refractivity (Wildman–Crippen MR) is 90.0 cm³/mol. The lowest BCUT2D eigenvalue weighted by atomic mass is 9.70. The summed E-state index contributed by atoms with van der Waals surface area (Å²) >= 11 is 1.70. The van der Waals surface area contributed by atoms with Gasteiger partial charge in [-0.2, -0.15) is 0 Å². The molecule has 2 rings (SSSR count). The Balaban J connectivity index is 2.29. The lowest BCUT2D eigenvalue weighted by Gasteiger charge is -2.37. The van der Waals surface area contributed by atoms with Crippen LogP contribution in [0.25, 0.3) is 0 Å². The van der Waals surface area contributed by atoms with Gasteiger partial charge in [0.2, 0.25) is 0 Å². The Morgan fingerprint density at radius 3 is 2.24 bits per heavy atom. The van der Waals surface area contributed by atoms with Crippen LogP contribution in [-0.2, 0) is 11.8 Å². The number of hydrogen-bond acceptors (Lipinski definition) is 3. The summed E-state index contributed by atoms with van der Waals surface area (Å²) in [4.78, 5) is 5.83. The van der Waals surface area contributed by atoms with E-state index in [9.17, 15) is 5.11 Å². The SMILES string of the molecule is CCC(CC)(c1ccccc1)C(O)Cc1nc(C)c(C)s1. The first-order valence-electron chi connectivity index (χ1n) is 7.70. The van der Waals surface area contributed by atoms with Gasteiger partial charge >= 0.3 is 0 Å². The van der Waals surface area contributed by atoms with Crippen LogP contribution in [0.1, 0.15) is 47.8 Å². The summed E-state index contributed by atoms with van der Waals surface area (Å²) in [5.74, 6) is 0. The van der Waals surface area contributed by atoms with Crippen LogP contribution in [0.4, 0.5) is 0 Å². The van der Waals surface area contributed by atoms with Gasteiger partial charge in [0.05, 0.1) is 16.8 Å². The normalized spacial score (nSPS) is 13.4. The third-order valence-electron chi connectivity index (χ3n) is 4.69. The van der Waals surface area contributed by atoms with Gasteiger partial charge in [-0.05, 0) is 32.3 Å². The molecule has 0 amide bonds. The molecule has 21 heavy (non-hydrogen) atoms. The molecule has 114 valence electrons. The third kappa shape index (κ3) is 3.19. The molecule has 3 heteroatoms. The number of aryl methyl sites for hydroxylation is 2. The van der Waals surface area contributed by atoms with Crippen LogP contribution in [0.3, 0.4) is 0 Å². The molecule has 0 radical (unpaired) electrons. The molecule has 0 aliphatic heterocycles. The average Bonchev–Trinajstić information content (AvgIpc) is 2.80. The maximum absolute atomic E-state index is 10.9. The third-order valence-corrected chi connectivity index (χ3v) is 5.78. The van der Waals surface area contributed by atoms with E-state index in [1.54, 1.807) is 11.3 Å². The van der Waals surface area contributed by atoms with Gasteiger partial charge in [0.25, 0.3) is 0 Å². The molecular formula is C18H25NOS. The van der Waals surface area contributed by atoms with Crippen LogP contribution in [0.15, 0.2) is 30.3 Å². The van der Waals surface area contributed by atoms with Crippen LogP contribution in [-0.4, -0.2) is 16.2 Å². The molecule has 1 aromatic carbocycles. The molecule has 0 bridgehead atoms. The van der Waals surface area contributed by atoms with Gasteiger partial charge in [0.15, 0.2) is 0 Å². The fourth-order valence-corrected chi connectivity index (χ4v) is 4.05. The molecule has 0 aliphatic carbocycles.